The summed E-state index contributed by atoms with van der Waals surface area (Å²) in [6.45, 7) is 9.80. The number of nitrogens with one attached hydrogen (secondary N) is 1. The molecule has 2 fully saturated rings. The molecule has 0 aliphatic carbocycles. The van der Waals surface area contributed by atoms with Crippen LogP contribution in [0.25, 0.3) is 0 Å². The Hall–Kier alpha value is -0.0800. The molecular weight excluding hydrogens is 160 g/mol. The Bertz CT molecular complexity index is 167. The van der Waals surface area contributed by atoms with Gasteiger partial charge in [0.15, 0.2) is 0 Å². The number of fused-ring (bicyclic) bond motifs is 1. The zero-order chi connectivity index (χ0) is 9.26. The van der Waals surface area contributed by atoms with E-state index in [0.29, 0.717) is 0 Å². The second-order valence-corrected chi connectivity index (χ2v) is 4.89. The summed E-state index contributed by atoms with van der Waals surface area (Å²) in [5.41, 5.74) is 0. The highest BCUT2D eigenvalue weighted by Crippen LogP contribution is 2.28. The highest BCUT2D eigenvalue weighted by molar-refractivity contribution is 4.86. The third kappa shape index (κ3) is 2.05. The summed E-state index contributed by atoms with van der Waals surface area (Å²) < 4.78 is 0. The van der Waals surface area contributed by atoms with Crippen LogP contribution in [0.5, 0.6) is 0 Å². The predicted molar refractivity (Wildman–Crippen MR) is 55.8 cm³/mol. The van der Waals surface area contributed by atoms with E-state index in [1.54, 1.807) is 0 Å². The quantitative estimate of drug-likeness (QED) is 0.658. The van der Waals surface area contributed by atoms with E-state index in [1.165, 1.54) is 39.0 Å². The summed E-state index contributed by atoms with van der Waals surface area (Å²) in [7, 11) is 0. The Balaban J connectivity index is 1.91. The molecule has 0 amide bonds. The van der Waals surface area contributed by atoms with Gasteiger partial charge in [0.1, 0.15) is 0 Å². The normalized spacial score (nSPS) is 36.2. The molecule has 0 radical (unpaired) electrons. The van der Waals surface area contributed by atoms with Crippen LogP contribution in [0.1, 0.15) is 26.7 Å². The van der Waals surface area contributed by atoms with Crippen molar-refractivity contribution in [3.63, 3.8) is 0 Å². The van der Waals surface area contributed by atoms with Crippen molar-refractivity contribution < 1.29 is 0 Å². The molecule has 0 spiro atoms. The first-order valence-electron chi connectivity index (χ1n) is 5.72. The summed E-state index contributed by atoms with van der Waals surface area (Å²) in [6.07, 6.45) is 2.85. The standard InChI is InChI=1S/C11H22N2/c1-9(2)13-6-4-10-3-5-12-7-11(10)8-13/h9-12H,3-8H2,1-2H3. The van der Waals surface area contributed by atoms with Gasteiger partial charge >= 0.3 is 0 Å². The number of piperidine rings is 2. The molecule has 2 aliphatic heterocycles. The van der Waals surface area contributed by atoms with Crippen molar-refractivity contribution >= 4 is 0 Å². The maximum absolute atomic E-state index is 3.52. The van der Waals surface area contributed by atoms with E-state index in [2.05, 4.69) is 24.1 Å². The zero-order valence-electron chi connectivity index (χ0n) is 8.92. The minimum Gasteiger partial charge on any atom is -0.316 e. The van der Waals surface area contributed by atoms with Gasteiger partial charge in [-0.25, -0.2) is 0 Å². The Labute approximate surface area is 81.7 Å². The number of hydrogen-bond donors (Lipinski definition) is 1. The third-order valence-electron chi connectivity index (χ3n) is 3.75. The number of hydrogen-bond acceptors (Lipinski definition) is 2. The Morgan fingerprint density at radius 3 is 2.85 bits per heavy atom. The SMILES string of the molecule is CC(C)N1CCC2CCNCC2C1. The van der Waals surface area contributed by atoms with Crippen molar-refractivity contribution in [1.29, 1.82) is 0 Å². The first-order valence-corrected chi connectivity index (χ1v) is 5.72. The summed E-state index contributed by atoms with van der Waals surface area (Å²) in [6, 6.07) is 0.739. The molecule has 76 valence electrons. The molecule has 0 aromatic heterocycles. The molecule has 0 bridgehead atoms. The molecule has 0 saturated carbocycles. The van der Waals surface area contributed by atoms with Crippen molar-refractivity contribution in [2.75, 3.05) is 26.2 Å². The van der Waals surface area contributed by atoms with Crippen LogP contribution in [0.15, 0.2) is 0 Å². The molecule has 2 heteroatoms. The van der Waals surface area contributed by atoms with E-state index in [0.717, 1.165) is 17.9 Å². The Morgan fingerprint density at radius 2 is 2.08 bits per heavy atom. The fourth-order valence-corrected chi connectivity index (χ4v) is 2.76. The number of rotatable bonds is 1. The average Bonchev–Trinajstić information content (AvgIpc) is 2.17. The van der Waals surface area contributed by atoms with Gasteiger partial charge in [0.05, 0.1) is 0 Å². The Morgan fingerprint density at radius 1 is 1.23 bits per heavy atom. The van der Waals surface area contributed by atoms with Gasteiger partial charge in [-0.15, -0.1) is 0 Å². The lowest BCUT2D eigenvalue weighted by molar-refractivity contribution is 0.0749. The van der Waals surface area contributed by atoms with Crippen LogP contribution < -0.4 is 5.32 Å². The lowest BCUT2D eigenvalue weighted by atomic mass is 9.80. The molecule has 2 unspecified atom stereocenters. The summed E-state index contributed by atoms with van der Waals surface area (Å²) >= 11 is 0. The second-order valence-electron chi connectivity index (χ2n) is 4.89. The molecule has 2 aliphatic rings. The predicted octanol–water partition coefficient (Wildman–Crippen LogP) is 1.33. The largest absolute Gasteiger partial charge is 0.316 e. The molecule has 2 rings (SSSR count). The van der Waals surface area contributed by atoms with Crippen LogP contribution in [-0.2, 0) is 0 Å². The first-order chi connectivity index (χ1) is 6.27. The number of likely N-dealkylation sites (tertiary alicyclic amines) is 1. The van der Waals surface area contributed by atoms with Crippen molar-refractivity contribution in [3.8, 4) is 0 Å². The molecule has 13 heavy (non-hydrogen) atoms. The van der Waals surface area contributed by atoms with Gasteiger partial charge in [-0.2, -0.15) is 0 Å². The maximum atomic E-state index is 3.52. The zero-order valence-corrected chi connectivity index (χ0v) is 8.92. The minimum atomic E-state index is 0.739. The van der Waals surface area contributed by atoms with Crippen molar-refractivity contribution in [2.45, 2.75) is 32.7 Å². The highest BCUT2D eigenvalue weighted by Gasteiger charge is 2.31. The van der Waals surface area contributed by atoms with Gasteiger partial charge in [0, 0.05) is 12.6 Å². The van der Waals surface area contributed by atoms with E-state index < -0.39 is 0 Å². The Kier molecular flexibility index (Phi) is 2.89. The van der Waals surface area contributed by atoms with Gasteiger partial charge in [-0.1, -0.05) is 0 Å². The topological polar surface area (TPSA) is 15.3 Å². The van der Waals surface area contributed by atoms with E-state index >= 15 is 0 Å². The maximum Gasteiger partial charge on any atom is 0.00387 e. The smallest absolute Gasteiger partial charge is 0.00387 e. The molecular formula is C11H22N2. The fourth-order valence-electron chi connectivity index (χ4n) is 2.76. The summed E-state index contributed by atoms with van der Waals surface area (Å²) in [5.74, 6) is 1.96. The highest BCUT2D eigenvalue weighted by atomic mass is 15.2. The van der Waals surface area contributed by atoms with Crippen LogP contribution in [-0.4, -0.2) is 37.1 Å². The first kappa shape index (κ1) is 9.47. The van der Waals surface area contributed by atoms with Crippen LogP contribution in [0.2, 0.25) is 0 Å². The average molecular weight is 182 g/mol. The molecule has 2 heterocycles. The van der Waals surface area contributed by atoms with Gasteiger partial charge in [-0.05, 0) is 58.2 Å². The van der Waals surface area contributed by atoms with E-state index in [9.17, 15) is 0 Å². The van der Waals surface area contributed by atoms with Crippen LogP contribution in [0, 0.1) is 11.8 Å². The third-order valence-corrected chi connectivity index (χ3v) is 3.75. The lowest BCUT2D eigenvalue weighted by Crippen LogP contribution is -2.50. The van der Waals surface area contributed by atoms with Gasteiger partial charge in [-0.3, -0.25) is 0 Å². The molecule has 2 saturated heterocycles. The summed E-state index contributed by atoms with van der Waals surface area (Å²) in [5, 5.41) is 3.52. The number of nitrogens with zero attached hydrogens (tertiary/aromatic N) is 1. The van der Waals surface area contributed by atoms with Crippen molar-refractivity contribution in [3.05, 3.63) is 0 Å². The minimum absolute atomic E-state index is 0.739. The molecule has 0 aromatic rings. The van der Waals surface area contributed by atoms with Gasteiger partial charge < -0.3 is 10.2 Å². The fraction of sp³-hybridized carbons (Fsp3) is 1.00. The van der Waals surface area contributed by atoms with Crippen molar-refractivity contribution in [2.24, 2.45) is 11.8 Å². The van der Waals surface area contributed by atoms with E-state index in [4.69, 9.17) is 0 Å². The molecule has 2 nitrogen and oxygen atoms in total. The second kappa shape index (κ2) is 3.97. The van der Waals surface area contributed by atoms with E-state index in [-0.39, 0.29) is 0 Å². The van der Waals surface area contributed by atoms with Gasteiger partial charge in [0.25, 0.3) is 0 Å². The molecule has 1 N–H and O–H groups in total. The van der Waals surface area contributed by atoms with Crippen LogP contribution >= 0.6 is 0 Å². The monoisotopic (exact) mass is 182 g/mol. The van der Waals surface area contributed by atoms with Gasteiger partial charge in [0.2, 0.25) is 0 Å². The van der Waals surface area contributed by atoms with Crippen LogP contribution in [0.3, 0.4) is 0 Å². The van der Waals surface area contributed by atoms with E-state index in [1.807, 2.05) is 0 Å². The lowest BCUT2D eigenvalue weighted by Gasteiger charge is -2.43. The molecule has 0 aromatic carbocycles. The molecule has 2 atom stereocenters. The summed E-state index contributed by atoms with van der Waals surface area (Å²) in [4.78, 5) is 2.63. The van der Waals surface area contributed by atoms with Crippen molar-refractivity contribution in [1.82, 2.24) is 10.2 Å². The van der Waals surface area contributed by atoms with Crippen LogP contribution in [0.4, 0.5) is 0 Å².